The molecule has 0 N–H and O–H groups in total. The van der Waals surface area contributed by atoms with E-state index in [9.17, 15) is 0 Å². The molecule has 144 valence electrons. The molecule has 0 aliphatic carbocycles. The molecule has 0 amide bonds. The number of hydrogen-bond acceptors (Lipinski definition) is 6. The zero-order chi connectivity index (χ0) is 19.5. The van der Waals surface area contributed by atoms with E-state index < -0.39 is 0 Å². The fraction of sp³-hybridized carbons (Fsp3) is 0.500. The van der Waals surface area contributed by atoms with Gasteiger partial charge in [0.15, 0.2) is 6.10 Å². The second kappa shape index (κ2) is 8.31. The number of benzene rings is 1. The molecule has 0 saturated carbocycles. The lowest BCUT2D eigenvalue weighted by atomic mass is 9.89. The van der Waals surface area contributed by atoms with Gasteiger partial charge in [0.1, 0.15) is 5.69 Å². The number of nitriles is 1. The largest absolute Gasteiger partial charge is 0.459 e. The minimum atomic E-state index is -0.269. The van der Waals surface area contributed by atoms with Crippen LogP contribution < -0.4 is 4.74 Å². The average molecular weight is 393 g/mol. The first-order chi connectivity index (χ1) is 13.6. The van der Waals surface area contributed by atoms with E-state index in [-0.39, 0.29) is 12.0 Å². The molecule has 28 heavy (non-hydrogen) atoms. The van der Waals surface area contributed by atoms with Gasteiger partial charge in [-0.05, 0) is 43.5 Å². The minimum absolute atomic E-state index is 0.216. The highest BCUT2D eigenvalue weighted by molar-refractivity contribution is 6.99. The Labute approximate surface area is 170 Å². The number of nitrogens with zero attached hydrogens (tertiary/aromatic N) is 4. The number of aromatic nitrogens is 2. The normalized spacial score (nSPS) is 24.3. The fourth-order valence-corrected chi connectivity index (χ4v) is 4.64. The Bertz CT molecular complexity index is 936. The monoisotopic (exact) mass is 392 g/mol. The summed E-state index contributed by atoms with van der Waals surface area (Å²) in [5, 5.41) is 9.06. The molecular weight excluding hydrogens is 368 g/mol. The van der Waals surface area contributed by atoms with Crippen LogP contribution in [0.5, 0.6) is 5.88 Å². The van der Waals surface area contributed by atoms with Gasteiger partial charge in [0.2, 0.25) is 0 Å². The van der Waals surface area contributed by atoms with Crippen LogP contribution in [0.1, 0.15) is 49.4 Å². The maximum Gasteiger partial charge on any atom is 0.250 e. The first-order valence-electron chi connectivity index (χ1n) is 9.87. The summed E-state index contributed by atoms with van der Waals surface area (Å²) in [6.45, 7) is 7.62. The quantitative estimate of drug-likeness (QED) is 0.743. The maximum absolute atomic E-state index is 9.06. The lowest BCUT2D eigenvalue weighted by Crippen LogP contribution is -2.25. The summed E-state index contributed by atoms with van der Waals surface area (Å²) in [5.74, 6) is 8.35. The van der Waals surface area contributed by atoms with E-state index in [1.165, 1.54) is 37.7 Å². The van der Waals surface area contributed by atoms with Gasteiger partial charge in [0, 0.05) is 30.5 Å². The van der Waals surface area contributed by atoms with Gasteiger partial charge in [-0.25, -0.2) is 0 Å². The van der Waals surface area contributed by atoms with Crippen LogP contribution in [0.4, 0.5) is 0 Å². The zero-order valence-electron chi connectivity index (χ0n) is 16.3. The molecule has 3 heterocycles. The van der Waals surface area contributed by atoms with E-state index in [1.54, 1.807) is 12.1 Å². The van der Waals surface area contributed by atoms with Gasteiger partial charge in [-0.1, -0.05) is 31.8 Å². The molecule has 2 saturated heterocycles. The van der Waals surface area contributed by atoms with E-state index >= 15 is 0 Å². The van der Waals surface area contributed by atoms with Crippen molar-refractivity contribution in [2.75, 3.05) is 19.6 Å². The molecular formula is C22H24N4OS. The van der Waals surface area contributed by atoms with E-state index in [1.807, 2.05) is 12.1 Å². The van der Waals surface area contributed by atoms with E-state index in [4.69, 9.17) is 10.00 Å². The molecule has 1 aromatic heterocycles. The highest BCUT2D eigenvalue weighted by Gasteiger charge is 2.39. The standard InChI is InChI=1S/C22H24N4OS/c1-15(2)20(9-8-16-5-3-6-17(11-16)12-23)27-22-21(24-28-25-22)19-14-26-10-4-7-18(19)13-26/h3,5-6,11,15,18-20H,4,7,10,13-14H2,1-2H3/t18-,19-,20?/m0/s1. The third kappa shape index (κ3) is 4.04. The van der Waals surface area contributed by atoms with Crippen LogP contribution in [-0.4, -0.2) is 39.4 Å². The summed E-state index contributed by atoms with van der Waals surface area (Å²) in [6.07, 6.45) is 2.27. The SMILES string of the molecule is CC(C)C(C#Cc1cccc(C#N)c1)Oc1nsnc1[C@H]1CN2CCC[C@H]1C2. The van der Waals surface area contributed by atoms with Gasteiger partial charge < -0.3 is 9.64 Å². The second-order valence-corrected chi connectivity index (χ2v) is 8.50. The summed E-state index contributed by atoms with van der Waals surface area (Å²) < 4.78 is 15.3. The van der Waals surface area contributed by atoms with Crippen LogP contribution in [0, 0.1) is 35.0 Å². The van der Waals surface area contributed by atoms with Crippen molar-refractivity contribution >= 4 is 11.7 Å². The number of fused-ring (bicyclic) bond motifs is 2. The van der Waals surface area contributed by atoms with Crippen molar-refractivity contribution < 1.29 is 4.74 Å². The van der Waals surface area contributed by atoms with Crippen LogP contribution in [0.3, 0.4) is 0 Å². The topological polar surface area (TPSA) is 62.0 Å². The van der Waals surface area contributed by atoms with Crippen molar-refractivity contribution in [3.05, 3.63) is 41.1 Å². The van der Waals surface area contributed by atoms with Gasteiger partial charge in [-0.3, -0.25) is 0 Å². The molecule has 4 atom stereocenters. The highest BCUT2D eigenvalue weighted by atomic mass is 32.1. The predicted molar refractivity (Wildman–Crippen MR) is 109 cm³/mol. The van der Waals surface area contributed by atoms with Gasteiger partial charge in [-0.15, -0.1) is 4.37 Å². The zero-order valence-corrected chi connectivity index (χ0v) is 17.1. The lowest BCUT2D eigenvalue weighted by molar-refractivity contribution is 0.196. The predicted octanol–water partition coefficient (Wildman–Crippen LogP) is 3.67. The Morgan fingerprint density at radius 1 is 1.25 bits per heavy atom. The van der Waals surface area contributed by atoms with Gasteiger partial charge in [0.25, 0.3) is 5.88 Å². The van der Waals surface area contributed by atoms with Gasteiger partial charge >= 0.3 is 0 Å². The number of rotatable bonds is 4. The molecule has 2 bridgehead atoms. The lowest BCUT2D eigenvalue weighted by Gasteiger charge is -2.22. The summed E-state index contributed by atoms with van der Waals surface area (Å²) >= 11 is 1.23. The molecule has 4 rings (SSSR count). The molecule has 0 spiro atoms. The maximum atomic E-state index is 9.06. The van der Waals surface area contributed by atoms with E-state index in [0.717, 1.165) is 17.8 Å². The molecule has 0 radical (unpaired) electrons. The van der Waals surface area contributed by atoms with Crippen molar-refractivity contribution in [3.63, 3.8) is 0 Å². The molecule has 1 aromatic carbocycles. The van der Waals surface area contributed by atoms with Crippen molar-refractivity contribution in [2.45, 2.75) is 38.7 Å². The van der Waals surface area contributed by atoms with Crippen LogP contribution in [0.25, 0.3) is 0 Å². The Hall–Kier alpha value is -2.41. The number of piperidine rings is 1. The van der Waals surface area contributed by atoms with Crippen LogP contribution >= 0.6 is 11.7 Å². The van der Waals surface area contributed by atoms with Crippen molar-refractivity contribution in [1.82, 2.24) is 13.6 Å². The molecule has 2 fully saturated rings. The van der Waals surface area contributed by atoms with Crippen LogP contribution in [0.2, 0.25) is 0 Å². The van der Waals surface area contributed by atoms with Crippen molar-refractivity contribution in [3.8, 4) is 23.8 Å². The Kier molecular flexibility index (Phi) is 5.62. The number of ether oxygens (including phenoxy) is 1. The third-order valence-corrected chi connectivity index (χ3v) is 6.12. The molecule has 2 aliphatic heterocycles. The highest BCUT2D eigenvalue weighted by Crippen LogP contribution is 2.41. The second-order valence-electron chi connectivity index (χ2n) is 7.97. The minimum Gasteiger partial charge on any atom is -0.459 e. The van der Waals surface area contributed by atoms with Crippen LogP contribution in [-0.2, 0) is 0 Å². The first-order valence-corrected chi connectivity index (χ1v) is 10.6. The summed E-state index contributed by atoms with van der Waals surface area (Å²) in [7, 11) is 0. The summed E-state index contributed by atoms with van der Waals surface area (Å²) in [5.41, 5.74) is 2.45. The molecule has 6 heteroatoms. The Morgan fingerprint density at radius 2 is 2.11 bits per heavy atom. The van der Waals surface area contributed by atoms with Crippen LogP contribution in [0.15, 0.2) is 24.3 Å². The van der Waals surface area contributed by atoms with Gasteiger partial charge in [-0.2, -0.15) is 9.64 Å². The fourth-order valence-electron chi connectivity index (χ4n) is 4.09. The smallest absolute Gasteiger partial charge is 0.250 e. The molecule has 2 unspecified atom stereocenters. The Morgan fingerprint density at radius 3 is 2.89 bits per heavy atom. The third-order valence-electron chi connectivity index (χ3n) is 5.59. The Balaban J connectivity index is 1.53. The molecule has 2 aromatic rings. The number of hydrogen-bond donors (Lipinski definition) is 0. The first kappa shape index (κ1) is 18.9. The van der Waals surface area contributed by atoms with Gasteiger partial charge in [0.05, 0.1) is 23.4 Å². The van der Waals surface area contributed by atoms with E-state index in [0.29, 0.717) is 23.3 Å². The summed E-state index contributed by atoms with van der Waals surface area (Å²) in [4.78, 5) is 2.53. The van der Waals surface area contributed by atoms with Crippen molar-refractivity contribution in [1.29, 1.82) is 5.26 Å². The van der Waals surface area contributed by atoms with Crippen molar-refractivity contribution in [2.24, 2.45) is 11.8 Å². The molecule has 5 nitrogen and oxygen atoms in total. The van der Waals surface area contributed by atoms with E-state index in [2.05, 4.69) is 45.4 Å². The summed E-state index contributed by atoms with van der Waals surface area (Å²) in [6, 6.07) is 9.49. The molecule has 2 aliphatic rings. The average Bonchev–Trinajstić information content (AvgIpc) is 3.28.